The molecule has 1 fully saturated rings. The summed E-state index contributed by atoms with van der Waals surface area (Å²) < 4.78 is 0. The fourth-order valence-electron chi connectivity index (χ4n) is 3.13. The first kappa shape index (κ1) is 19.7. The number of pyridine rings is 1. The first-order chi connectivity index (χ1) is 13.5. The zero-order valence-corrected chi connectivity index (χ0v) is 16.1. The van der Waals surface area contributed by atoms with Crippen LogP contribution in [0.5, 0.6) is 0 Å². The van der Waals surface area contributed by atoms with Gasteiger partial charge in [-0.05, 0) is 17.5 Å². The molecule has 1 amide bonds. The number of anilines is 1. The van der Waals surface area contributed by atoms with Gasteiger partial charge in [0.2, 0.25) is 11.6 Å². The summed E-state index contributed by atoms with van der Waals surface area (Å²) in [6.45, 7) is 10.2. The normalized spacial score (nSPS) is 14.6. The van der Waals surface area contributed by atoms with Crippen molar-refractivity contribution in [3.63, 3.8) is 0 Å². The fourth-order valence-corrected chi connectivity index (χ4v) is 4.19. The van der Waals surface area contributed by atoms with Crippen molar-refractivity contribution in [2.45, 2.75) is 29.7 Å². The van der Waals surface area contributed by atoms with Crippen molar-refractivity contribution in [3.8, 4) is 6.07 Å². The van der Waals surface area contributed by atoms with Crippen LogP contribution in [-0.2, 0) is 11.2 Å². The highest BCUT2D eigenvalue weighted by Crippen LogP contribution is 2.43. The monoisotopic (exact) mass is 393 g/mol. The first-order valence-corrected chi connectivity index (χ1v) is 9.66. The van der Waals surface area contributed by atoms with Crippen LogP contribution in [0.2, 0.25) is 0 Å². The Bertz CT molecular complexity index is 975. The Hall–Kier alpha value is -3.07. The minimum absolute atomic E-state index is 0.297. The number of aliphatic hydroxyl groups excluding tert-OH is 1. The third kappa shape index (κ3) is 3.65. The maximum absolute atomic E-state index is 12.1. The molecule has 28 heavy (non-hydrogen) atoms. The third-order valence-electron chi connectivity index (χ3n) is 4.55. The Labute approximate surface area is 167 Å². The summed E-state index contributed by atoms with van der Waals surface area (Å²) in [6.07, 6.45) is 0.0204. The van der Waals surface area contributed by atoms with Crippen molar-refractivity contribution >= 4 is 29.2 Å². The highest BCUT2D eigenvalue weighted by molar-refractivity contribution is 8.00. The summed E-state index contributed by atoms with van der Waals surface area (Å²) in [5.41, 5.74) is 7.57. The Morgan fingerprint density at radius 1 is 1.50 bits per heavy atom. The number of carbonyl (C=O) groups excluding carboxylic acids is 1. The molecule has 2 aromatic rings. The van der Waals surface area contributed by atoms with E-state index in [1.54, 1.807) is 12.1 Å². The van der Waals surface area contributed by atoms with Crippen molar-refractivity contribution in [2.24, 2.45) is 5.73 Å². The van der Waals surface area contributed by atoms with Crippen LogP contribution in [0.4, 0.5) is 11.5 Å². The number of nitriles is 1. The Kier molecular flexibility index (Phi) is 5.84. The molecule has 1 aliphatic rings. The van der Waals surface area contributed by atoms with E-state index in [2.05, 4.69) is 15.9 Å². The average Bonchev–Trinajstić information content (AvgIpc) is 2.68. The van der Waals surface area contributed by atoms with Crippen LogP contribution >= 0.6 is 11.8 Å². The molecule has 0 spiro atoms. The quantitative estimate of drug-likeness (QED) is 0.577. The molecule has 1 atom stereocenters. The van der Waals surface area contributed by atoms with Crippen LogP contribution in [0, 0.1) is 17.9 Å². The number of benzene rings is 1. The molecule has 7 nitrogen and oxygen atoms in total. The summed E-state index contributed by atoms with van der Waals surface area (Å²) in [4.78, 5) is 22.1. The highest BCUT2D eigenvalue weighted by Gasteiger charge is 2.32. The van der Waals surface area contributed by atoms with Gasteiger partial charge in [0, 0.05) is 13.1 Å². The number of nitrogens with zero attached hydrogens (tertiary/aromatic N) is 4. The second kappa shape index (κ2) is 8.30. The molecule has 3 rings (SSSR count). The molecule has 1 aliphatic heterocycles. The highest BCUT2D eigenvalue weighted by atomic mass is 32.2. The molecule has 0 radical (unpaired) electrons. The molecular formula is C20H19N5O2S. The van der Waals surface area contributed by atoms with Gasteiger partial charge in [-0.15, -0.1) is 0 Å². The molecule has 0 bridgehead atoms. The van der Waals surface area contributed by atoms with E-state index in [1.165, 1.54) is 0 Å². The molecule has 3 N–H and O–H groups in total. The van der Waals surface area contributed by atoms with Crippen LogP contribution in [0.25, 0.3) is 4.85 Å². The lowest BCUT2D eigenvalue weighted by molar-refractivity contribution is -0.117. The zero-order chi connectivity index (χ0) is 20.3. The molecule has 142 valence electrons. The molecule has 1 aromatic heterocycles. The van der Waals surface area contributed by atoms with Gasteiger partial charge in [-0.2, -0.15) is 5.26 Å². The van der Waals surface area contributed by atoms with Gasteiger partial charge in [0.25, 0.3) is 0 Å². The molecule has 0 aliphatic carbocycles. The summed E-state index contributed by atoms with van der Waals surface area (Å²) in [5, 5.41) is 19.0. The van der Waals surface area contributed by atoms with Gasteiger partial charge in [0.05, 0.1) is 18.2 Å². The lowest BCUT2D eigenvalue weighted by Crippen LogP contribution is -2.51. The van der Waals surface area contributed by atoms with Crippen molar-refractivity contribution in [3.05, 3.63) is 58.4 Å². The summed E-state index contributed by atoms with van der Waals surface area (Å²) in [7, 11) is 0. The molecule has 1 unspecified atom stereocenters. The van der Waals surface area contributed by atoms with E-state index in [0.717, 1.165) is 17.3 Å². The van der Waals surface area contributed by atoms with Gasteiger partial charge >= 0.3 is 0 Å². The van der Waals surface area contributed by atoms with Crippen LogP contribution in [-0.4, -0.2) is 35.2 Å². The number of hydrogen-bond acceptors (Lipinski definition) is 6. The minimum atomic E-state index is -0.709. The van der Waals surface area contributed by atoms with Crippen molar-refractivity contribution in [1.82, 2.24) is 4.98 Å². The van der Waals surface area contributed by atoms with Crippen LogP contribution in [0.1, 0.15) is 28.9 Å². The number of carbonyl (C=O) groups is 1. The standard InChI is InChI=1S/C20H19N5O2S/c1-3-14-15(9-21)20(24-19(16(14)23-2)25-10-13(26)11-25)28-17(18(22)27)12-7-5-4-6-8-12/h4-8,13,17,26H,3,10-11H2,1H3,(H2,22,27). The number of primary amides is 1. The third-order valence-corrected chi connectivity index (χ3v) is 5.81. The van der Waals surface area contributed by atoms with Gasteiger partial charge < -0.3 is 15.7 Å². The summed E-state index contributed by atoms with van der Waals surface area (Å²) in [6, 6.07) is 11.2. The maximum Gasteiger partial charge on any atom is 0.235 e. The largest absolute Gasteiger partial charge is 0.389 e. The van der Waals surface area contributed by atoms with Gasteiger partial charge in [0.15, 0.2) is 0 Å². The van der Waals surface area contributed by atoms with Crippen molar-refractivity contribution in [1.29, 1.82) is 5.26 Å². The van der Waals surface area contributed by atoms with Crippen LogP contribution in [0.15, 0.2) is 35.4 Å². The number of β-amino-alcohol motifs (C(OH)–C–C–N with tert-alkyl or cyclic N) is 1. The topological polar surface area (TPSA) is 108 Å². The van der Waals surface area contributed by atoms with Gasteiger partial charge in [0.1, 0.15) is 22.2 Å². The summed E-state index contributed by atoms with van der Waals surface area (Å²) >= 11 is 1.12. The lowest BCUT2D eigenvalue weighted by atomic mass is 10.0. The predicted molar refractivity (Wildman–Crippen MR) is 107 cm³/mol. The smallest absolute Gasteiger partial charge is 0.235 e. The average molecular weight is 393 g/mol. The van der Waals surface area contributed by atoms with E-state index in [9.17, 15) is 15.2 Å². The summed E-state index contributed by atoms with van der Waals surface area (Å²) in [5.74, 6) is -0.0925. The number of thioether (sulfide) groups is 1. The zero-order valence-electron chi connectivity index (χ0n) is 15.3. The van der Waals surface area contributed by atoms with E-state index >= 15 is 0 Å². The van der Waals surface area contributed by atoms with E-state index in [0.29, 0.717) is 47.2 Å². The van der Waals surface area contributed by atoms with E-state index < -0.39 is 17.3 Å². The van der Waals surface area contributed by atoms with E-state index in [-0.39, 0.29) is 0 Å². The number of rotatable bonds is 6. The van der Waals surface area contributed by atoms with Crippen LogP contribution in [0.3, 0.4) is 0 Å². The number of aromatic nitrogens is 1. The van der Waals surface area contributed by atoms with Gasteiger partial charge in [-0.3, -0.25) is 4.79 Å². The number of hydrogen-bond donors (Lipinski definition) is 2. The predicted octanol–water partition coefficient (Wildman–Crippen LogP) is 2.57. The van der Waals surface area contributed by atoms with Gasteiger partial charge in [-0.25, -0.2) is 9.83 Å². The maximum atomic E-state index is 12.1. The van der Waals surface area contributed by atoms with Crippen LogP contribution < -0.4 is 10.6 Å². The Morgan fingerprint density at radius 3 is 2.68 bits per heavy atom. The second-order valence-corrected chi connectivity index (χ2v) is 7.48. The molecule has 2 heterocycles. The Morgan fingerprint density at radius 2 is 2.18 bits per heavy atom. The second-order valence-electron chi connectivity index (χ2n) is 6.39. The fraction of sp³-hybridized carbons (Fsp3) is 0.300. The molecule has 8 heteroatoms. The number of aliphatic hydroxyl groups is 1. The Balaban J connectivity index is 2.11. The first-order valence-electron chi connectivity index (χ1n) is 8.78. The molecule has 1 saturated heterocycles. The van der Waals surface area contributed by atoms with Crippen molar-refractivity contribution < 1.29 is 9.90 Å². The molecule has 0 saturated carbocycles. The number of amides is 1. The molecular weight excluding hydrogens is 374 g/mol. The van der Waals surface area contributed by atoms with Gasteiger partial charge in [-0.1, -0.05) is 49.0 Å². The lowest BCUT2D eigenvalue weighted by Gasteiger charge is -2.38. The van der Waals surface area contributed by atoms with Crippen molar-refractivity contribution in [2.75, 3.05) is 18.0 Å². The minimum Gasteiger partial charge on any atom is -0.389 e. The SMILES string of the molecule is [C-]#[N+]c1c(N2CC(O)C2)nc(SC(C(N)=O)c2ccccc2)c(C#N)c1CC. The van der Waals surface area contributed by atoms with E-state index in [4.69, 9.17) is 12.3 Å². The molecule has 1 aromatic carbocycles. The van der Waals surface area contributed by atoms with E-state index in [1.807, 2.05) is 30.0 Å². The number of nitrogens with two attached hydrogens (primary N) is 1.